The number of methoxy groups -OCH3 is 1. The van der Waals surface area contributed by atoms with Gasteiger partial charge in [-0.2, -0.15) is 0 Å². The zero-order valence-corrected chi connectivity index (χ0v) is 13.9. The highest BCUT2D eigenvalue weighted by Gasteiger charge is 2.66. The highest BCUT2D eigenvalue weighted by molar-refractivity contribution is 6.00. The average Bonchev–Trinajstić information content (AvgIpc) is 2.53. The molecule has 1 aromatic carbocycles. The molecule has 126 valence electrons. The molecule has 0 aliphatic heterocycles. The molecule has 0 spiro atoms. The van der Waals surface area contributed by atoms with E-state index >= 15 is 0 Å². The summed E-state index contributed by atoms with van der Waals surface area (Å²) in [6.45, 7) is 5.97. The molecule has 1 saturated carbocycles. The summed E-state index contributed by atoms with van der Waals surface area (Å²) in [5, 5.41) is 12.4. The number of carboxylic acid groups (broad SMARTS) is 1. The van der Waals surface area contributed by atoms with Crippen molar-refractivity contribution >= 4 is 11.9 Å². The van der Waals surface area contributed by atoms with Crippen LogP contribution in [0.4, 0.5) is 0 Å². The Morgan fingerprint density at radius 3 is 2.52 bits per heavy atom. The summed E-state index contributed by atoms with van der Waals surface area (Å²) in [5.41, 5.74) is -1.76. The molecule has 0 saturated heterocycles. The summed E-state index contributed by atoms with van der Waals surface area (Å²) in [7, 11) is 1.47. The van der Waals surface area contributed by atoms with E-state index in [-0.39, 0.29) is 12.5 Å². The van der Waals surface area contributed by atoms with Gasteiger partial charge in [0.15, 0.2) is 0 Å². The number of rotatable bonds is 6. The number of carbonyl (C=O) groups excluding carboxylic acids is 1. The van der Waals surface area contributed by atoms with Crippen molar-refractivity contribution in [2.45, 2.75) is 38.8 Å². The Hall–Kier alpha value is -2.08. The van der Waals surface area contributed by atoms with Crippen LogP contribution in [0.1, 0.15) is 37.6 Å². The third kappa shape index (κ3) is 2.67. The Bertz CT molecular complexity index is 613. The van der Waals surface area contributed by atoms with Gasteiger partial charge in [-0.1, -0.05) is 26.0 Å². The van der Waals surface area contributed by atoms with E-state index in [9.17, 15) is 14.7 Å². The quantitative estimate of drug-likeness (QED) is 0.838. The maximum Gasteiger partial charge on any atom is 0.330 e. The second kappa shape index (κ2) is 6.20. The number of nitrogens with one attached hydrogen (secondary N) is 1. The molecule has 6 nitrogen and oxygen atoms in total. The Kier molecular flexibility index (Phi) is 4.66. The molecule has 1 fully saturated rings. The molecule has 6 heteroatoms. The van der Waals surface area contributed by atoms with Crippen molar-refractivity contribution in [1.29, 1.82) is 0 Å². The lowest BCUT2D eigenvalue weighted by atomic mass is 9.54. The van der Waals surface area contributed by atoms with Crippen molar-refractivity contribution in [1.82, 2.24) is 5.32 Å². The van der Waals surface area contributed by atoms with Gasteiger partial charge in [-0.3, -0.25) is 4.79 Å². The lowest BCUT2D eigenvalue weighted by Gasteiger charge is -2.58. The molecular weight excluding hydrogens is 298 g/mol. The van der Waals surface area contributed by atoms with Crippen LogP contribution in [-0.2, 0) is 9.53 Å². The maximum atomic E-state index is 12.6. The van der Waals surface area contributed by atoms with Crippen LogP contribution in [-0.4, -0.2) is 42.3 Å². The molecule has 1 aliphatic rings. The molecule has 2 N–H and O–H groups in total. The first kappa shape index (κ1) is 17.3. The molecule has 2 rings (SSSR count). The predicted octanol–water partition coefficient (Wildman–Crippen LogP) is 2.08. The van der Waals surface area contributed by atoms with Crippen molar-refractivity contribution in [2.75, 3.05) is 13.7 Å². The topological polar surface area (TPSA) is 84.9 Å². The van der Waals surface area contributed by atoms with E-state index in [4.69, 9.17) is 9.47 Å². The lowest BCUT2D eigenvalue weighted by Crippen LogP contribution is -2.76. The molecule has 0 bridgehead atoms. The monoisotopic (exact) mass is 321 g/mol. The van der Waals surface area contributed by atoms with Gasteiger partial charge >= 0.3 is 5.97 Å². The number of hydrogen-bond acceptors (Lipinski definition) is 4. The van der Waals surface area contributed by atoms with E-state index in [0.717, 1.165) is 0 Å². The summed E-state index contributed by atoms with van der Waals surface area (Å²) in [5.74, 6) is -1.11. The summed E-state index contributed by atoms with van der Waals surface area (Å²) < 4.78 is 10.8. The van der Waals surface area contributed by atoms with Crippen molar-refractivity contribution in [2.24, 2.45) is 5.41 Å². The smallest absolute Gasteiger partial charge is 0.330 e. The third-order valence-electron chi connectivity index (χ3n) is 4.81. The lowest BCUT2D eigenvalue weighted by molar-refractivity contribution is -0.190. The fourth-order valence-electron chi connectivity index (χ4n) is 3.13. The Morgan fingerprint density at radius 2 is 2.00 bits per heavy atom. The first-order chi connectivity index (χ1) is 10.8. The standard InChI is InChI=1S/C17H23NO5/c1-5-23-13-10-17(15(20)21,16(13,2)3)18-14(19)11-8-6-7-9-12(11)22-4/h6-9,13H,5,10H2,1-4H3,(H,18,19)(H,20,21). The van der Waals surface area contributed by atoms with Crippen LogP contribution >= 0.6 is 0 Å². The number of aliphatic carboxylic acids is 1. The SMILES string of the molecule is CCOC1CC(NC(=O)c2ccccc2OC)(C(=O)O)C1(C)C. The van der Waals surface area contributed by atoms with Crippen LogP contribution in [0.2, 0.25) is 0 Å². The number of carbonyl (C=O) groups is 2. The molecule has 1 aromatic rings. The summed E-state index contributed by atoms with van der Waals surface area (Å²) in [6.07, 6.45) is 0.0333. The van der Waals surface area contributed by atoms with Gasteiger partial charge in [0.2, 0.25) is 0 Å². The van der Waals surface area contributed by atoms with Crippen LogP contribution in [0, 0.1) is 5.41 Å². The second-order valence-corrected chi connectivity index (χ2v) is 6.23. The highest BCUT2D eigenvalue weighted by Crippen LogP contribution is 2.51. The molecule has 2 unspecified atom stereocenters. The van der Waals surface area contributed by atoms with E-state index in [1.807, 2.05) is 6.92 Å². The van der Waals surface area contributed by atoms with E-state index in [2.05, 4.69) is 5.32 Å². The minimum Gasteiger partial charge on any atom is -0.496 e. The van der Waals surface area contributed by atoms with Crippen molar-refractivity contribution in [3.05, 3.63) is 29.8 Å². The van der Waals surface area contributed by atoms with Crippen molar-refractivity contribution in [3.8, 4) is 5.75 Å². The van der Waals surface area contributed by atoms with Gasteiger partial charge in [-0.05, 0) is 19.1 Å². The van der Waals surface area contributed by atoms with Gasteiger partial charge in [-0.25, -0.2) is 4.79 Å². The molecule has 1 aliphatic carbocycles. The van der Waals surface area contributed by atoms with Crippen LogP contribution in [0.25, 0.3) is 0 Å². The van der Waals surface area contributed by atoms with Gasteiger partial charge in [0, 0.05) is 18.4 Å². The predicted molar refractivity (Wildman–Crippen MR) is 84.6 cm³/mol. The normalized spacial score (nSPS) is 25.3. The third-order valence-corrected chi connectivity index (χ3v) is 4.81. The van der Waals surface area contributed by atoms with Crippen LogP contribution in [0.15, 0.2) is 24.3 Å². The number of amides is 1. The molecular formula is C17H23NO5. The van der Waals surface area contributed by atoms with Gasteiger partial charge in [0.1, 0.15) is 11.3 Å². The number of hydrogen-bond donors (Lipinski definition) is 2. The maximum absolute atomic E-state index is 12.6. The summed E-state index contributed by atoms with van der Waals surface area (Å²) in [6, 6.07) is 6.73. The summed E-state index contributed by atoms with van der Waals surface area (Å²) in [4.78, 5) is 24.5. The van der Waals surface area contributed by atoms with Gasteiger partial charge < -0.3 is 19.9 Å². The number of carboxylic acids is 1. The van der Waals surface area contributed by atoms with E-state index in [1.165, 1.54) is 7.11 Å². The Morgan fingerprint density at radius 1 is 1.35 bits per heavy atom. The Labute approximate surface area is 135 Å². The fraction of sp³-hybridized carbons (Fsp3) is 0.529. The molecule has 0 heterocycles. The van der Waals surface area contributed by atoms with E-state index in [1.54, 1.807) is 38.1 Å². The van der Waals surface area contributed by atoms with Crippen LogP contribution in [0.3, 0.4) is 0 Å². The van der Waals surface area contributed by atoms with Crippen LogP contribution in [0.5, 0.6) is 5.75 Å². The minimum absolute atomic E-state index is 0.207. The highest BCUT2D eigenvalue weighted by atomic mass is 16.5. The fourth-order valence-corrected chi connectivity index (χ4v) is 3.13. The summed E-state index contributed by atoms with van der Waals surface area (Å²) >= 11 is 0. The molecule has 2 atom stereocenters. The first-order valence-electron chi connectivity index (χ1n) is 7.60. The largest absolute Gasteiger partial charge is 0.496 e. The zero-order valence-electron chi connectivity index (χ0n) is 13.9. The van der Waals surface area contributed by atoms with Crippen molar-refractivity contribution < 1.29 is 24.2 Å². The number of para-hydroxylation sites is 1. The molecule has 0 radical (unpaired) electrons. The number of ether oxygens (including phenoxy) is 2. The zero-order chi connectivity index (χ0) is 17.3. The minimum atomic E-state index is -1.36. The molecule has 0 aromatic heterocycles. The second-order valence-electron chi connectivity index (χ2n) is 6.23. The van der Waals surface area contributed by atoms with Gasteiger partial charge in [-0.15, -0.1) is 0 Å². The first-order valence-corrected chi connectivity index (χ1v) is 7.60. The number of benzene rings is 1. The van der Waals surface area contributed by atoms with E-state index < -0.39 is 22.8 Å². The van der Waals surface area contributed by atoms with Gasteiger partial charge in [0.05, 0.1) is 18.8 Å². The molecule has 23 heavy (non-hydrogen) atoms. The van der Waals surface area contributed by atoms with Crippen LogP contribution < -0.4 is 10.1 Å². The van der Waals surface area contributed by atoms with E-state index in [0.29, 0.717) is 17.9 Å². The molecule has 1 amide bonds. The average molecular weight is 321 g/mol. The Balaban J connectivity index is 2.28. The van der Waals surface area contributed by atoms with Gasteiger partial charge in [0.25, 0.3) is 5.91 Å². The van der Waals surface area contributed by atoms with Crippen molar-refractivity contribution in [3.63, 3.8) is 0 Å².